The van der Waals surface area contributed by atoms with Crippen molar-refractivity contribution >= 4 is 16.8 Å². The number of aliphatic hydroxyl groups is 1. The van der Waals surface area contributed by atoms with E-state index in [2.05, 4.69) is 10.3 Å². The van der Waals surface area contributed by atoms with Crippen LogP contribution in [-0.4, -0.2) is 29.1 Å². The molecule has 4 nitrogen and oxygen atoms in total. The van der Waals surface area contributed by atoms with Crippen LogP contribution in [0.25, 0.3) is 22.0 Å². The summed E-state index contributed by atoms with van der Waals surface area (Å²) in [5.74, 6) is -0.571. The molecule has 0 saturated heterocycles. The minimum absolute atomic E-state index is 0.0825. The number of rotatable bonds is 5. The molecular weight excluding hydrogens is 369 g/mol. The van der Waals surface area contributed by atoms with E-state index in [0.29, 0.717) is 28.5 Å². The first-order chi connectivity index (χ1) is 13.3. The van der Waals surface area contributed by atoms with Gasteiger partial charge in [-0.25, -0.2) is 4.98 Å². The lowest BCUT2D eigenvalue weighted by molar-refractivity contribution is -0.136. The van der Waals surface area contributed by atoms with E-state index in [0.717, 1.165) is 6.07 Å². The number of aliphatic hydroxyl groups excluding tert-OH is 1. The summed E-state index contributed by atoms with van der Waals surface area (Å²) in [5.41, 5.74) is 0.420. The topological polar surface area (TPSA) is 62.2 Å². The predicted molar refractivity (Wildman–Crippen MR) is 101 cm³/mol. The third-order valence-corrected chi connectivity index (χ3v) is 4.39. The van der Waals surface area contributed by atoms with Crippen LogP contribution < -0.4 is 5.32 Å². The van der Waals surface area contributed by atoms with E-state index in [9.17, 15) is 18.0 Å². The molecule has 0 aliphatic rings. The molecule has 2 N–H and O–H groups in total. The van der Waals surface area contributed by atoms with Crippen LogP contribution in [0.4, 0.5) is 13.2 Å². The maximum atomic E-state index is 13.8. The van der Waals surface area contributed by atoms with Gasteiger partial charge in [-0.1, -0.05) is 30.3 Å². The molecule has 0 spiro atoms. The van der Waals surface area contributed by atoms with Gasteiger partial charge >= 0.3 is 6.18 Å². The summed E-state index contributed by atoms with van der Waals surface area (Å²) in [6.45, 7) is 1.78. The standard InChI is InChI=1S/C21H19F3N2O2/c1-13-10-18(20(28)25-8-5-9-27)26-19-16(13)11-15(12-17(19)21(22,23)24)14-6-3-2-4-7-14/h2-4,6-7,10-12,27H,5,8-9H2,1H3,(H,25,28). The largest absolute Gasteiger partial charge is 0.418 e. The molecule has 0 aliphatic carbocycles. The van der Waals surface area contributed by atoms with Gasteiger partial charge in [0.15, 0.2) is 0 Å². The highest BCUT2D eigenvalue weighted by Gasteiger charge is 2.34. The van der Waals surface area contributed by atoms with E-state index in [1.807, 2.05) is 0 Å². The molecule has 28 heavy (non-hydrogen) atoms. The summed E-state index contributed by atoms with van der Waals surface area (Å²) < 4.78 is 41.3. The lowest BCUT2D eigenvalue weighted by Gasteiger charge is -2.15. The number of fused-ring (bicyclic) bond motifs is 1. The Hall–Kier alpha value is -2.93. The summed E-state index contributed by atoms with van der Waals surface area (Å²) in [6.07, 6.45) is -4.26. The third kappa shape index (κ3) is 4.14. The van der Waals surface area contributed by atoms with Crippen molar-refractivity contribution in [3.8, 4) is 11.1 Å². The predicted octanol–water partition coefficient (Wildman–Crippen LogP) is 4.34. The number of benzene rings is 2. The molecule has 1 amide bonds. The van der Waals surface area contributed by atoms with Crippen LogP contribution in [0.2, 0.25) is 0 Å². The molecule has 0 saturated carbocycles. The zero-order valence-corrected chi connectivity index (χ0v) is 15.2. The number of carbonyl (C=O) groups excluding carboxylic acids is 1. The van der Waals surface area contributed by atoms with Crippen molar-refractivity contribution in [2.45, 2.75) is 19.5 Å². The van der Waals surface area contributed by atoms with E-state index in [1.54, 1.807) is 43.3 Å². The van der Waals surface area contributed by atoms with Crippen molar-refractivity contribution in [1.82, 2.24) is 10.3 Å². The first-order valence-corrected chi connectivity index (χ1v) is 8.78. The molecule has 3 aromatic rings. The van der Waals surface area contributed by atoms with Crippen LogP contribution in [0.1, 0.15) is 28.0 Å². The van der Waals surface area contributed by atoms with Crippen LogP contribution >= 0.6 is 0 Å². The maximum Gasteiger partial charge on any atom is 0.418 e. The highest BCUT2D eigenvalue weighted by Crippen LogP contribution is 2.38. The normalized spacial score (nSPS) is 11.6. The van der Waals surface area contributed by atoms with Crippen molar-refractivity contribution in [1.29, 1.82) is 0 Å². The number of hydrogen-bond donors (Lipinski definition) is 2. The van der Waals surface area contributed by atoms with Gasteiger partial charge in [-0.2, -0.15) is 13.2 Å². The van der Waals surface area contributed by atoms with Gasteiger partial charge in [-0.15, -0.1) is 0 Å². The Kier molecular flexibility index (Phi) is 5.65. The van der Waals surface area contributed by atoms with Gasteiger partial charge < -0.3 is 10.4 Å². The lowest BCUT2D eigenvalue weighted by atomic mass is 9.96. The Morgan fingerprint density at radius 2 is 1.82 bits per heavy atom. The van der Waals surface area contributed by atoms with Crippen molar-refractivity contribution in [3.63, 3.8) is 0 Å². The van der Waals surface area contributed by atoms with Crippen LogP contribution in [0.5, 0.6) is 0 Å². The van der Waals surface area contributed by atoms with E-state index in [1.165, 1.54) is 6.07 Å². The molecule has 0 bridgehead atoms. The molecule has 1 aromatic heterocycles. The van der Waals surface area contributed by atoms with Gasteiger partial charge in [0.2, 0.25) is 0 Å². The zero-order chi connectivity index (χ0) is 20.3. The summed E-state index contributed by atoms with van der Waals surface area (Å²) in [5, 5.41) is 11.7. The number of carbonyl (C=O) groups is 1. The van der Waals surface area contributed by atoms with Crippen LogP contribution in [0.3, 0.4) is 0 Å². The molecule has 0 unspecified atom stereocenters. The third-order valence-electron chi connectivity index (χ3n) is 4.39. The first-order valence-electron chi connectivity index (χ1n) is 8.78. The van der Waals surface area contributed by atoms with Crippen molar-refractivity contribution in [2.24, 2.45) is 0 Å². The number of nitrogens with zero attached hydrogens (tertiary/aromatic N) is 1. The Labute approximate surface area is 160 Å². The molecule has 146 valence electrons. The maximum absolute atomic E-state index is 13.8. The Morgan fingerprint density at radius 3 is 2.46 bits per heavy atom. The molecule has 0 fully saturated rings. The second kappa shape index (κ2) is 7.98. The molecule has 3 rings (SSSR count). The highest BCUT2D eigenvalue weighted by molar-refractivity contribution is 5.97. The van der Waals surface area contributed by atoms with Gasteiger partial charge in [0.25, 0.3) is 5.91 Å². The van der Waals surface area contributed by atoms with Crippen molar-refractivity contribution in [3.05, 3.63) is 65.4 Å². The molecule has 0 atom stereocenters. The van der Waals surface area contributed by atoms with Gasteiger partial charge in [0.05, 0.1) is 11.1 Å². The molecule has 1 heterocycles. The number of aromatic nitrogens is 1. The van der Waals surface area contributed by atoms with Gasteiger partial charge in [0.1, 0.15) is 5.69 Å². The second-order valence-corrected chi connectivity index (χ2v) is 6.44. The zero-order valence-electron chi connectivity index (χ0n) is 15.2. The van der Waals surface area contributed by atoms with Crippen LogP contribution in [0, 0.1) is 6.92 Å². The molecule has 0 aliphatic heterocycles. The molecule has 2 aromatic carbocycles. The quantitative estimate of drug-likeness (QED) is 0.639. The number of alkyl halides is 3. The summed E-state index contributed by atoms with van der Waals surface area (Å²) in [6, 6.07) is 13.0. The van der Waals surface area contributed by atoms with Crippen molar-refractivity contribution in [2.75, 3.05) is 13.2 Å². The molecule has 7 heteroatoms. The van der Waals surface area contributed by atoms with E-state index >= 15 is 0 Å². The highest BCUT2D eigenvalue weighted by atomic mass is 19.4. The fourth-order valence-electron chi connectivity index (χ4n) is 2.99. The first kappa shape index (κ1) is 19.8. The van der Waals surface area contributed by atoms with Gasteiger partial charge in [-0.05, 0) is 48.2 Å². The number of pyridine rings is 1. The Bertz CT molecular complexity index is 1000. The Balaban J connectivity index is 2.17. The molecule has 0 radical (unpaired) electrons. The van der Waals surface area contributed by atoms with E-state index in [-0.39, 0.29) is 24.4 Å². The average molecular weight is 388 g/mol. The van der Waals surface area contributed by atoms with E-state index < -0.39 is 17.6 Å². The second-order valence-electron chi connectivity index (χ2n) is 6.44. The van der Waals surface area contributed by atoms with Crippen LogP contribution in [0.15, 0.2) is 48.5 Å². The van der Waals surface area contributed by atoms with Crippen LogP contribution in [-0.2, 0) is 6.18 Å². The number of nitrogens with one attached hydrogen (secondary N) is 1. The van der Waals surface area contributed by atoms with Gasteiger partial charge in [0, 0.05) is 18.5 Å². The number of aryl methyl sites for hydroxylation is 1. The fraction of sp³-hybridized carbons (Fsp3) is 0.238. The number of halogens is 3. The monoisotopic (exact) mass is 388 g/mol. The number of hydrogen-bond acceptors (Lipinski definition) is 3. The average Bonchev–Trinajstić information content (AvgIpc) is 2.67. The Morgan fingerprint density at radius 1 is 1.11 bits per heavy atom. The SMILES string of the molecule is Cc1cc(C(=O)NCCCO)nc2c(C(F)(F)F)cc(-c3ccccc3)cc12. The smallest absolute Gasteiger partial charge is 0.396 e. The molecular formula is C21H19F3N2O2. The minimum atomic E-state index is -4.62. The van der Waals surface area contributed by atoms with E-state index in [4.69, 9.17) is 5.11 Å². The summed E-state index contributed by atoms with van der Waals surface area (Å²) in [7, 11) is 0. The minimum Gasteiger partial charge on any atom is -0.396 e. The van der Waals surface area contributed by atoms with Crippen molar-refractivity contribution < 1.29 is 23.1 Å². The summed E-state index contributed by atoms with van der Waals surface area (Å²) in [4.78, 5) is 16.2. The number of amides is 1. The fourth-order valence-corrected chi connectivity index (χ4v) is 2.99. The lowest BCUT2D eigenvalue weighted by Crippen LogP contribution is -2.26. The summed E-state index contributed by atoms with van der Waals surface area (Å²) >= 11 is 0. The van der Waals surface area contributed by atoms with Gasteiger partial charge in [-0.3, -0.25) is 4.79 Å².